The van der Waals surface area contributed by atoms with Gasteiger partial charge in [0, 0.05) is 18.8 Å². The molecule has 3 rings (SSSR count). The smallest absolute Gasteiger partial charge is 0.307 e. The Kier molecular flexibility index (Phi) is 2.21. The van der Waals surface area contributed by atoms with Gasteiger partial charge in [-0.25, -0.2) is 4.68 Å². The molecule has 1 aliphatic carbocycles. The maximum Gasteiger partial charge on any atom is 0.307 e. The van der Waals surface area contributed by atoms with Crippen LogP contribution in [0.3, 0.4) is 0 Å². The Morgan fingerprint density at radius 2 is 2.29 bits per heavy atom. The van der Waals surface area contributed by atoms with Gasteiger partial charge in [0.05, 0.1) is 10.6 Å². The molecule has 1 saturated carbocycles. The molecular weight excluding hydrogens is 220 g/mol. The third-order valence-corrected chi connectivity index (χ3v) is 3.01. The van der Waals surface area contributed by atoms with Crippen molar-refractivity contribution >= 4 is 11.4 Å². The van der Waals surface area contributed by atoms with E-state index in [4.69, 9.17) is 0 Å². The molecule has 0 bridgehead atoms. The zero-order valence-corrected chi connectivity index (χ0v) is 9.19. The number of allylic oxidation sites excluding steroid dienone is 2. The van der Waals surface area contributed by atoms with Crippen molar-refractivity contribution in [1.82, 2.24) is 14.7 Å². The Morgan fingerprint density at radius 3 is 2.82 bits per heavy atom. The van der Waals surface area contributed by atoms with E-state index in [0.717, 1.165) is 12.2 Å². The zero-order chi connectivity index (χ0) is 11.8. The lowest BCUT2D eigenvalue weighted by molar-refractivity contribution is -0.384. The molecule has 0 N–H and O–H groups in total. The van der Waals surface area contributed by atoms with Crippen LogP contribution in [0, 0.1) is 10.1 Å². The number of nitrogens with zero attached hydrogens (tertiary/aromatic N) is 4. The van der Waals surface area contributed by atoms with Gasteiger partial charge in [-0.2, -0.15) is 5.10 Å². The highest BCUT2D eigenvalue weighted by molar-refractivity contribution is 5.58. The first-order valence-electron chi connectivity index (χ1n) is 5.57. The first-order valence-corrected chi connectivity index (χ1v) is 5.57. The van der Waals surface area contributed by atoms with E-state index in [2.05, 4.69) is 10.00 Å². The van der Waals surface area contributed by atoms with Gasteiger partial charge in [-0.3, -0.25) is 10.1 Å². The Bertz CT molecular complexity index is 513. The van der Waals surface area contributed by atoms with Crippen LogP contribution in [0.4, 0.5) is 5.69 Å². The van der Waals surface area contributed by atoms with E-state index < -0.39 is 4.92 Å². The van der Waals surface area contributed by atoms with Crippen LogP contribution in [-0.4, -0.2) is 32.2 Å². The summed E-state index contributed by atoms with van der Waals surface area (Å²) in [6, 6.07) is 0.691. The van der Waals surface area contributed by atoms with Crippen molar-refractivity contribution in [3.8, 4) is 0 Å². The van der Waals surface area contributed by atoms with Crippen LogP contribution in [0.5, 0.6) is 0 Å². The summed E-state index contributed by atoms with van der Waals surface area (Å²) in [7, 11) is 0. The SMILES string of the molecule is O=[N+]([O-])c1cnn(C2=CCN(C3CC3)C=C2)c1. The fraction of sp³-hybridized carbons (Fsp3) is 0.364. The Hall–Kier alpha value is -2.11. The molecule has 88 valence electrons. The summed E-state index contributed by atoms with van der Waals surface area (Å²) < 4.78 is 1.54. The molecule has 0 spiro atoms. The largest absolute Gasteiger partial charge is 0.371 e. The lowest BCUT2D eigenvalue weighted by Crippen LogP contribution is -2.22. The van der Waals surface area contributed by atoms with Gasteiger partial charge < -0.3 is 4.90 Å². The molecule has 1 fully saturated rings. The van der Waals surface area contributed by atoms with Crippen molar-refractivity contribution in [2.45, 2.75) is 18.9 Å². The molecule has 0 radical (unpaired) electrons. The van der Waals surface area contributed by atoms with E-state index >= 15 is 0 Å². The van der Waals surface area contributed by atoms with Gasteiger partial charge in [-0.1, -0.05) is 0 Å². The van der Waals surface area contributed by atoms with E-state index in [1.54, 1.807) is 4.68 Å². The topological polar surface area (TPSA) is 64.2 Å². The Morgan fingerprint density at radius 1 is 1.47 bits per heavy atom. The highest BCUT2D eigenvalue weighted by atomic mass is 16.6. The Balaban J connectivity index is 1.76. The summed E-state index contributed by atoms with van der Waals surface area (Å²) in [4.78, 5) is 12.4. The molecule has 2 heterocycles. The van der Waals surface area contributed by atoms with Crippen molar-refractivity contribution < 1.29 is 4.92 Å². The van der Waals surface area contributed by atoms with Crippen LogP contribution in [0.1, 0.15) is 12.8 Å². The second kappa shape index (κ2) is 3.73. The summed E-state index contributed by atoms with van der Waals surface area (Å²) in [5.74, 6) is 0. The first-order chi connectivity index (χ1) is 8.24. The van der Waals surface area contributed by atoms with Crippen molar-refractivity contribution in [2.75, 3.05) is 6.54 Å². The molecule has 0 unspecified atom stereocenters. The van der Waals surface area contributed by atoms with Gasteiger partial charge in [0.25, 0.3) is 0 Å². The molecule has 1 aromatic rings. The fourth-order valence-corrected chi connectivity index (χ4v) is 1.90. The van der Waals surface area contributed by atoms with E-state index in [9.17, 15) is 10.1 Å². The maximum atomic E-state index is 10.6. The highest BCUT2D eigenvalue weighted by Gasteiger charge is 2.27. The minimum absolute atomic E-state index is 0.0175. The van der Waals surface area contributed by atoms with Crippen LogP contribution in [0.15, 0.2) is 30.7 Å². The molecule has 6 nitrogen and oxygen atoms in total. The van der Waals surface area contributed by atoms with Crippen molar-refractivity contribution in [2.24, 2.45) is 0 Å². The number of nitro groups is 1. The van der Waals surface area contributed by atoms with Gasteiger partial charge in [-0.05, 0) is 25.0 Å². The minimum Gasteiger partial charge on any atom is -0.371 e. The van der Waals surface area contributed by atoms with Crippen LogP contribution in [-0.2, 0) is 0 Å². The molecule has 0 amide bonds. The van der Waals surface area contributed by atoms with Gasteiger partial charge in [-0.15, -0.1) is 0 Å². The summed E-state index contributed by atoms with van der Waals surface area (Å²) in [6.45, 7) is 0.851. The first kappa shape index (κ1) is 10.1. The van der Waals surface area contributed by atoms with E-state index in [-0.39, 0.29) is 5.69 Å². The summed E-state index contributed by atoms with van der Waals surface area (Å²) >= 11 is 0. The van der Waals surface area contributed by atoms with Crippen LogP contribution in [0.2, 0.25) is 0 Å². The van der Waals surface area contributed by atoms with Crippen LogP contribution < -0.4 is 0 Å². The fourth-order valence-electron chi connectivity index (χ4n) is 1.90. The second-order valence-corrected chi connectivity index (χ2v) is 4.27. The van der Waals surface area contributed by atoms with Gasteiger partial charge >= 0.3 is 5.69 Å². The third-order valence-electron chi connectivity index (χ3n) is 3.01. The minimum atomic E-state index is -0.437. The number of hydrogen-bond acceptors (Lipinski definition) is 4. The molecule has 0 saturated heterocycles. The van der Waals surface area contributed by atoms with Crippen molar-refractivity contribution in [3.05, 3.63) is 40.9 Å². The summed E-state index contributed by atoms with van der Waals surface area (Å²) in [5, 5.41) is 14.5. The van der Waals surface area contributed by atoms with Crippen molar-refractivity contribution in [3.63, 3.8) is 0 Å². The van der Waals surface area contributed by atoms with E-state index in [1.807, 2.05) is 18.4 Å². The molecule has 0 atom stereocenters. The molecule has 1 aromatic heterocycles. The average Bonchev–Trinajstić information content (AvgIpc) is 3.06. The maximum absolute atomic E-state index is 10.6. The predicted octanol–water partition coefficient (Wildman–Crippen LogP) is 1.62. The number of aromatic nitrogens is 2. The molecule has 0 aromatic carbocycles. The standard InChI is InChI=1S/C11H12N4O2/c16-15(17)11-7-12-14(8-11)10-3-5-13(6-4-10)9-1-2-9/h3-5,7-9H,1-2,6H2. The monoisotopic (exact) mass is 232 g/mol. The average molecular weight is 232 g/mol. The predicted molar refractivity (Wildman–Crippen MR) is 62.0 cm³/mol. The second-order valence-electron chi connectivity index (χ2n) is 4.27. The molecule has 1 aliphatic heterocycles. The molecule has 17 heavy (non-hydrogen) atoms. The van der Waals surface area contributed by atoms with Gasteiger partial charge in [0.2, 0.25) is 0 Å². The van der Waals surface area contributed by atoms with Gasteiger partial charge in [0.1, 0.15) is 12.4 Å². The molecular formula is C11H12N4O2. The zero-order valence-electron chi connectivity index (χ0n) is 9.19. The van der Waals surface area contributed by atoms with Crippen LogP contribution in [0.25, 0.3) is 5.70 Å². The van der Waals surface area contributed by atoms with E-state index in [0.29, 0.717) is 6.04 Å². The van der Waals surface area contributed by atoms with Gasteiger partial charge in [0.15, 0.2) is 0 Å². The normalized spacial score (nSPS) is 19.3. The number of rotatable bonds is 3. The lowest BCUT2D eigenvalue weighted by Gasteiger charge is -2.21. The summed E-state index contributed by atoms with van der Waals surface area (Å²) in [5.41, 5.74) is 0.902. The Labute approximate surface area is 98.0 Å². The molecule has 6 heteroatoms. The third kappa shape index (κ3) is 1.93. The number of hydrogen-bond donors (Lipinski definition) is 0. The highest BCUT2D eigenvalue weighted by Crippen LogP contribution is 2.29. The summed E-state index contributed by atoms with van der Waals surface area (Å²) in [6.07, 6.45) is 11.3. The van der Waals surface area contributed by atoms with Crippen molar-refractivity contribution in [1.29, 1.82) is 0 Å². The lowest BCUT2D eigenvalue weighted by atomic mass is 10.3. The van der Waals surface area contributed by atoms with Crippen LogP contribution >= 0.6 is 0 Å². The quantitative estimate of drug-likeness (QED) is 0.586. The van der Waals surface area contributed by atoms with E-state index in [1.165, 1.54) is 25.2 Å². The molecule has 2 aliphatic rings.